The summed E-state index contributed by atoms with van der Waals surface area (Å²) in [5, 5.41) is 14.6. The van der Waals surface area contributed by atoms with E-state index in [1.807, 2.05) is 0 Å². The van der Waals surface area contributed by atoms with Gasteiger partial charge in [0.1, 0.15) is 17.0 Å². The van der Waals surface area contributed by atoms with E-state index in [-0.39, 0.29) is 11.3 Å². The summed E-state index contributed by atoms with van der Waals surface area (Å²) in [5.41, 5.74) is 1.33. The lowest BCUT2D eigenvalue weighted by Gasteiger charge is -2.12. The zero-order valence-corrected chi connectivity index (χ0v) is 14.0. The third kappa shape index (κ3) is 2.85. The van der Waals surface area contributed by atoms with Gasteiger partial charge in [0.15, 0.2) is 0 Å². The van der Waals surface area contributed by atoms with E-state index in [0.29, 0.717) is 5.82 Å². The number of aromatic nitrogens is 2. The predicted octanol–water partition coefficient (Wildman–Crippen LogP) is 3.73. The van der Waals surface area contributed by atoms with Gasteiger partial charge in [-0.1, -0.05) is 6.07 Å². The molecule has 0 atom stereocenters. The van der Waals surface area contributed by atoms with Crippen molar-refractivity contribution in [1.29, 1.82) is 0 Å². The highest BCUT2D eigenvalue weighted by Gasteiger charge is 2.21. The first-order valence-corrected chi connectivity index (χ1v) is 8.76. The Morgan fingerprint density at radius 2 is 2.08 bits per heavy atom. The summed E-state index contributed by atoms with van der Waals surface area (Å²) in [5.74, 6) is 0.0559. The molecule has 4 rings (SSSR count). The Balaban J connectivity index is 1.71. The third-order valence-corrected chi connectivity index (χ3v) is 5.50. The maximum Gasteiger partial charge on any atom is 0.270 e. The van der Waals surface area contributed by atoms with Gasteiger partial charge in [0.05, 0.1) is 10.3 Å². The lowest BCUT2D eigenvalue weighted by Crippen LogP contribution is -2.14. The zero-order chi connectivity index (χ0) is 17.4. The van der Waals surface area contributed by atoms with Gasteiger partial charge in [0.2, 0.25) is 0 Å². The van der Waals surface area contributed by atoms with Gasteiger partial charge in [0.25, 0.3) is 11.6 Å². The second kappa shape index (κ2) is 6.21. The van der Waals surface area contributed by atoms with Crippen molar-refractivity contribution >= 4 is 39.0 Å². The Hall–Kier alpha value is -2.87. The lowest BCUT2D eigenvalue weighted by atomic mass is 9.97. The van der Waals surface area contributed by atoms with Crippen molar-refractivity contribution in [3.8, 4) is 0 Å². The highest BCUT2D eigenvalue weighted by Crippen LogP contribution is 2.38. The quantitative estimate of drug-likeness (QED) is 0.571. The number of nitro groups is 1. The van der Waals surface area contributed by atoms with E-state index in [9.17, 15) is 14.9 Å². The molecule has 0 unspecified atom stereocenters. The number of carbonyl (C=O) groups excluding carboxylic acids is 1. The number of thiophene rings is 1. The highest BCUT2D eigenvalue weighted by molar-refractivity contribution is 7.19. The standard InChI is InChI=1S/C17H14N4O3S/c22-16(10-4-3-5-11(8-10)21(23)24)20-15-14-12-6-1-2-7-13(12)25-17(14)19-9-18-15/h3-5,8-9H,1-2,6-7H2,(H,18,19,20,22). The minimum absolute atomic E-state index is 0.117. The number of hydrogen-bond acceptors (Lipinski definition) is 6. The van der Waals surface area contributed by atoms with Crippen LogP contribution in [0.2, 0.25) is 0 Å². The molecule has 1 aliphatic carbocycles. The van der Waals surface area contributed by atoms with E-state index < -0.39 is 10.8 Å². The van der Waals surface area contributed by atoms with Crippen LogP contribution in [0.25, 0.3) is 10.2 Å². The van der Waals surface area contributed by atoms with E-state index in [2.05, 4.69) is 15.3 Å². The minimum Gasteiger partial charge on any atom is -0.306 e. The number of aryl methyl sites for hydroxylation is 2. The van der Waals surface area contributed by atoms with Gasteiger partial charge >= 0.3 is 0 Å². The molecule has 1 N–H and O–H groups in total. The smallest absolute Gasteiger partial charge is 0.270 e. The molecule has 1 amide bonds. The van der Waals surface area contributed by atoms with Crippen LogP contribution in [0.5, 0.6) is 0 Å². The van der Waals surface area contributed by atoms with Crippen LogP contribution in [0, 0.1) is 10.1 Å². The summed E-state index contributed by atoms with van der Waals surface area (Å²) in [6.45, 7) is 0. The van der Waals surface area contributed by atoms with Crippen molar-refractivity contribution in [2.75, 3.05) is 5.32 Å². The van der Waals surface area contributed by atoms with Crippen LogP contribution < -0.4 is 5.32 Å². The topological polar surface area (TPSA) is 98.0 Å². The maximum atomic E-state index is 12.5. The number of amides is 1. The van der Waals surface area contributed by atoms with E-state index in [0.717, 1.165) is 29.5 Å². The first-order valence-electron chi connectivity index (χ1n) is 7.94. The Bertz CT molecular complexity index is 999. The van der Waals surface area contributed by atoms with E-state index >= 15 is 0 Å². The largest absolute Gasteiger partial charge is 0.306 e. The molecule has 1 aromatic carbocycles. The Labute approximate surface area is 146 Å². The van der Waals surface area contributed by atoms with E-state index in [4.69, 9.17) is 0 Å². The van der Waals surface area contributed by atoms with Crippen LogP contribution in [-0.2, 0) is 12.8 Å². The average molecular weight is 354 g/mol. The number of anilines is 1. The minimum atomic E-state index is -0.519. The molecule has 0 saturated carbocycles. The van der Waals surface area contributed by atoms with Crippen LogP contribution in [0.4, 0.5) is 11.5 Å². The highest BCUT2D eigenvalue weighted by atomic mass is 32.1. The van der Waals surface area contributed by atoms with Crippen molar-refractivity contribution in [2.45, 2.75) is 25.7 Å². The average Bonchev–Trinajstić information content (AvgIpc) is 3.01. The summed E-state index contributed by atoms with van der Waals surface area (Å²) < 4.78 is 0. The number of benzene rings is 1. The van der Waals surface area contributed by atoms with Crippen molar-refractivity contribution < 1.29 is 9.72 Å². The van der Waals surface area contributed by atoms with E-state index in [1.54, 1.807) is 17.4 Å². The van der Waals surface area contributed by atoms with Crippen molar-refractivity contribution in [3.05, 3.63) is 56.7 Å². The van der Waals surface area contributed by atoms with Gasteiger partial charge in [-0.2, -0.15) is 0 Å². The molecule has 0 radical (unpaired) electrons. The number of nitro benzene ring substituents is 1. The summed E-state index contributed by atoms with van der Waals surface area (Å²) >= 11 is 1.65. The van der Waals surface area contributed by atoms with Crippen LogP contribution in [0.3, 0.4) is 0 Å². The first-order chi connectivity index (χ1) is 12.1. The second-order valence-corrected chi connectivity index (χ2v) is 6.96. The molecule has 0 fully saturated rings. The van der Waals surface area contributed by atoms with Crippen molar-refractivity contribution in [3.63, 3.8) is 0 Å². The van der Waals surface area contributed by atoms with Crippen LogP contribution >= 0.6 is 11.3 Å². The Morgan fingerprint density at radius 3 is 2.92 bits per heavy atom. The molecular weight excluding hydrogens is 340 g/mol. The SMILES string of the molecule is O=C(Nc1ncnc2sc3c(c12)CCCC3)c1cccc([N+](=O)[O-])c1. The van der Waals surface area contributed by atoms with E-state index in [1.165, 1.54) is 41.4 Å². The molecule has 126 valence electrons. The third-order valence-electron chi connectivity index (χ3n) is 4.30. The predicted molar refractivity (Wildman–Crippen MR) is 95.1 cm³/mol. The molecule has 0 bridgehead atoms. The van der Waals surface area contributed by atoms with Crippen LogP contribution in [-0.4, -0.2) is 20.8 Å². The van der Waals surface area contributed by atoms with Gasteiger partial charge in [-0.3, -0.25) is 14.9 Å². The fourth-order valence-electron chi connectivity index (χ4n) is 3.13. The van der Waals surface area contributed by atoms with Gasteiger partial charge in [-0.25, -0.2) is 9.97 Å². The number of nitrogens with one attached hydrogen (secondary N) is 1. The van der Waals surface area contributed by atoms with Crippen molar-refractivity contribution in [1.82, 2.24) is 9.97 Å². The number of fused-ring (bicyclic) bond motifs is 3. The van der Waals surface area contributed by atoms with Gasteiger partial charge in [0, 0.05) is 22.6 Å². The molecule has 1 aliphatic rings. The molecule has 7 nitrogen and oxygen atoms in total. The van der Waals surface area contributed by atoms with Gasteiger partial charge < -0.3 is 5.32 Å². The lowest BCUT2D eigenvalue weighted by molar-refractivity contribution is -0.384. The summed E-state index contributed by atoms with van der Waals surface area (Å²) in [7, 11) is 0. The van der Waals surface area contributed by atoms with Crippen molar-refractivity contribution in [2.24, 2.45) is 0 Å². The normalized spacial score (nSPS) is 13.4. The molecule has 3 aromatic rings. The molecular formula is C17H14N4O3S. The number of nitrogens with zero attached hydrogens (tertiary/aromatic N) is 3. The number of hydrogen-bond donors (Lipinski definition) is 1. The van der Waals surface area contributed by atoms with Crippen LogP contribution in [0.1, 0.15) is 33.6 Å². The van der Waals surface area contributed by atoms with Gasteiger partial charge in [-0.15, -0.1) is 11.3 Å². The summed E-state index contributed by atoms with van der Waals surface area (Å²) in [6.07, 6.45) is 5.72. The second-order valence-electron chi connectivity index (χ2n) is 5.87. The zero-order valence-electron chi connectivity index (χ0n) is 13.2. The fourth-order valence-corrected chi connectivity index (χ4v) is 4.35. The fraction of sp³-hybridized carbons (Fsp3) is 0.235. The Morgan fingerprint density at radius 1 is 1.24 bits per heavy atom. The molecule has 0 spiro atoms. The maximum absolute atomic E-state index is 12.5. The summed E-state index contributed by atoms with van der Waals surface area (Å²) in [6, 6.07) is 5.66. The number of carbonyl (C=O) groups is 1. The first kappa shape index (κ1) is 15.6. The molecule has 0 aliphatic heterocycles. The molecule has 0 saturated heterocycles. The number of non-ortho nitro benzene ring substituents is 1. The molecule has 25 heavy (non-hydrogen) atoms. The summed E-state index contributed by atoms with van der Waals surface area (Å²) in [4.78, 5) is 33.7. The monoisotopic (exact) mass is 354 g/mol. The molecule has 2 heterocycles. The molecule has 8 heteroatoms. The Kier molecular flexibility index (Phi) is 3.89. The molecule has 2 aromatic heterocycles. The number of rotatable bonds is 3. The van der Waals surface area contributed by atoms with Crippen LogP contribution in [0.15, 0.2) is 30.6 Å². The van der Waals surface area contributed by atoms with Gasteiger partial charge in [-0.05, 0) is 37.3 Å².